The lowest BCUT2D eigenvalue weighted by Crippen LogP contribution is -2.40. The van der Waals surface area contributed by atoms with E-state index in [1.165, 1.54) is 10.8 Å². The van der Waals surface area contributed by atoms with Gasteiger partial charge in [0.1, 0.15) is 11.6 Å². The van der Waals surface area contributed by atoms with Gasteiger partial charge in [0.2, 0.25) is 0 Å². The van der Waals surface area contributed by atoms with Crippen LogP contribution in [-0.2, 0) is 6.54 Å². The first-order chi connectivity index (χ1) is 9.04. The van der Waals surface area contributed by atoms with Crippen LogP contribution in [-0.4, -0.2) is 20.3 Å². The number of aromatic amines is 1. The van der Waals surface area contributed by atoms with Crippen molar-refractivity contribution in [3.05, 3.63) is 32.6 Å². The third kappa shape index (κ3) is 3.12. The molecule has 102 valence electrons. The van der Waals surface area contributed by atoms with E-state index in [0.717, 1.165) is 25.7 Å². The molecular weight excluding hydrogens is 246 g/mol. The van der Waals surface area contributed by atoms with Gasteiger partial charge >= 0.3 is 5.69 Å². The summed E-state index contributed by atoms with van der Waals surface area (Å²) in [6.45, 7) is 0.122. The second-order valence-electron chi connectivity index (χ2n) is 5.18. The molecule has 1 aromatic rings. The van der Waals surface area contributed by atoms with Crippen LogP contribution in [0.3, 0.4) is 0 Å². The van der Waals surface area contributed by atoms with E-state index < -0.39 is 16.9 Å². The molecule has 0 amide bonds. The van der Waals surface area contributed by atoms with E-state index in [1.807, 2.05) is 0 Å². The zero-order valence-electron chi connectivity index (χ0n) is 10.7. The zero-order chi connectivity index (χ0) is 13.9. The quantitative estimate of drug-likeness (QED) is 0.759. The molecule has 1 fully saturated rings. The number of aliphatic hydroxyl groups is 1. The Morgan fingerprint density at radius 1 is 1.32 bits per heavy atom. The highest BCUT2D eigenvalue weighted by molar-refractivity contribution is 5.21. The molecule has 1 aliphatic rings. The highest BCUT2D eigenvalue weighted by Gasteiger charge is 2.29. The molecule has 0 unspecified atom stereocenters. The van der Waals surface area contributed by atoms with Crippen LogP contribution in [0, 0.1) is 11.3 Å². The van der Waals surface area contributed by atoms with Gasteiger partial charge in [-0.3, -0.25) is 14.3 Å². The van der Waals surface area contributed by atoms with Gasteiger partial charge in [0.05, 0.1) is 12.1 Å². The maximum absolute atomic E-state index is 11.7. The summed E-state index contributed by atoms with van der Waals surface area (Å²) in [4.78, 5) is 25.1. The normalized spacial score (nSPS) is 18.5. The second-order valence-corrected chi connectivity index (χ2v) is 5.18. The minimum atomic E-state index is -0.925. The summed E-state index contributed by atoms with van der Waals surface area (Å²) in [5, 5.41) is 19.3. The summed E-state index contributed by atoms with van der Waals surface area (Å²) in [6.07, 6.45) is 6.54. The maximum Gasteiger partial charge on any atom is 0.328 e. The molecule has 2 N–H and O–H groups in total. The second kappa shape index (κ2) is 5.41. The molecule has 0 radical (unpaired) electrons. The average molecular weight is 263 g/mol. The van der Waals surface area contributed by atoms with Crippen LogP contribution in [0.5, 0.6) is 0 Å². The van der Waals surface area contributed by atoms with Crippen molar-refractivity contribution in [2.75, 3.05) is 0 Å². The maximum atomic E-state index is 11.7. The van der Waals surface area contributed by atoms with E-state index in [-0.39, 0.29) is 12.1 Å². The van der Waals surface area contributed by atoms with Crippen molar-refractivity contribution in [3.8, 4) is 6.07 Å². The molecule has 2 rings (SSSR count). The Morgan fingerprint density at radius 2 is 1.95 bits per heavy atom. The Kier molecular flexibility index (Phi) is 3.86. The fraction of sp³-hybridized carbons (Fsp3) is 0.615. The van der Waals surface area contributed by atoms with Crippen LogP contribution >= 0.6 is 0 Å². The third-order valence-corrected chi connectivity index (χ3v) is 3.63. The van der Waals surface area contributed by atoms with Crippen LogP contribution in [0.1, 0.15) is 44.1 Å². The monoisotopic (exact) mass is 263 g/mol. The number of nitrogens with one attached hydrogen (secondary N) is 1. The van der Waals surface area contributed by atoms with E-state index in [0.29, 0.717) is 12.8 Å². The van der Waals surface area contributed by atoms with Gasteiger partial charge in [-0.2, -0.15) is 5.26 Å². The molecule has 0 atom stereocenters. The van der Waals surface area contributed by atoms with Gasteiger partial charge < -0.3 is 5.11 Å². The Balaban J connectivity index is 2.30. The topological polar surface area (TPSA) is 98.9 Å². The fourth-order valence-electron chi connectivity index (χ4n) is 2.57. The Labute approximate surface area is 110 Å². The molecule has 6 heteroatoms. The van der Waals surface area contributed by atoms with Crippen LogP contribution in [0.2, 0.25) is 0 Å². The summed E-state index contributed by atoms with van der Waals surface area (Å²) in [5.41, 5.74) is -2.30. The van der Waals surface area contributed by atoms with Gasteiger partial charge in [-0.25, -0.2) is 4.79 Å². The van der Waals surface area contributed by atoms with Crippen molar-refractivity contribution >= 4 is 0 Å². The molecule has 19 heavy (non-hydrogen) atoms. The molecular formula is C13H17N3O3. The fourth-order valence-corrected chi connectivity index (χ4v) is 2.57. The summed E-state index contributed by atoms with van der Waals surface area (Å²) in [6, 6.07) is 1.74. The minimum Gasteiger partial charge on any atom is -0.388 e. The smallest absolute Gasteiger partial charge is 0.328 e. The summed E-state index contributed by atoms with van der Waals surface area (Å²) in [5.74, 6) is 0. The third-order valence-electron chi connectivity index (χ3n) is 3.63. The SMILES string of the molecule is N#Cc1cn(CC2(O)CCCCCC2)c(=O)[nH]c1=O. The lowest BCUT2D eigenvalue weighted by atomic mass is 9.94. The molecule has 1 heterocycles. The largest absolute Gasteiger partial charge is 0.388 e. The predicted octanol–water partition coefficient (Wildman–Crippen LogP) is 0.494. The first-order valence-corrected chi connectivity index (χ1v) is 6.50. The van der Waals surface area contributed by atoms with Crippen molar-refractivity contribution in [3.63, 3.8) is 0 Å². The number of hydrogen-bond donors (Lipinski definition) is 2. The molecule has 0 bridgehead atoms. The van der Waals surface area contributed by atoms with Crippen molar-refractivity contribution in [1.29, 1.82) is 5.26 Å². The van der Waals surface area contributed by atoms with Crippen molar-refractivity contribution in [2.45, 2.75) is 50.7 Å². The first kappa shape index (κ1) is 13.6. The van der Waals surface area contributed by atoms with Crippen molar-refractivity contribution < 1.29 is 5.11 Å². The summed E-state index contributed by atoms with van der Waals surface area (Å²) >= 11 is 0. The Morgan fingerprint density at radius 3 is 2.53 bits per heavy atom. The number of nitrogens with zero attached hydrogens (tertiary/aromatic N) is 2. The van der Waals surface area contributed by atoms with Gasteiger partial charge in [0.15, 0.2) is 0 Å². The predicted molar refractivity (Wildman–Crippen MR) is 68.7 cm³/mol. The number of H-pyrrole nitrogens is 1. The molecule has 1 saturated carbocycles. The highest BCUT2D eigenvalue weighted by atomic mass is 16.3. The Bertz CT molecular complexity index is 601. The van der Waals surface area contributed by atoms with Crippen LogP contribution in [0.15, 0.2) is 15.8 Å². The molecule has 0 spiro atoms. The Hall–Kier alpha value is -1.87. The van der Waals surface area contributed by atoms with E-state index >= 15 is 0 Å². The van der Waals surface area contributed by atoms with Crippen LogP contribution in [0.25, 0.3) is 0 Å². The van der Waals surface area contributed by atoms with E-state index in [9.17, 15) is 14.7 Å². The first-order valence-electron chi connectivity index (χ1n) is 6.50. The lowest BCUT2D eigenvalue weighted by Gasteiger charge is -2.27. The number of hydrogen-bond acceptors (Lipinski definition) is 4. The van der Waals surface area contributed by atoms with Crippen LogP contribution < -0.4 is 11.2 Å². The van der Waals surface area contributed by atoms with Gasteiger partial charge in [-0.1, -0.05) is 25.7 Å². The standard InChI is InChI=1S/C13H17N3O3/c14-7-10-8-16(12(18)15-11(10)17)9-13(19)5-3-1-2-4-6-13/h8,19H,1-6,9H2,(H,15,17,18). The van der Waals surface area contributed by atoms with Crippen molar-refractivity contribution in [2.24, 2.45) is 0 Å². The molecule has 1 aliphatic carbocycles. The number of aromatic nitrogens is 2. The molecule has 0 aliphatic heterocycles. The summed E-state index contributed by atoms with van der Waals surface area (Å²) < 4.78 is 1.23. The molecule has 1 aromatic heterocycles. The minimum absolute atomic E-state index is 0.114. The van der Waals surface area contributed by atoms with E-state index in [1.54, 1.807) is 6.07 Å². The van der Waals surface area contributed by atoms with E-state index in [2.05, 4.69) is 4.98 Å². The number of rotatable bonds is 2. The summed E-state index contributed by atoms with van der Waals surface area (Å²) in [7, 11) is 0. The molecule has 0 aromatic carbocycles. The highest BCUT2D eigenvalue weighted by Crippen LogP contribution is 2.27. The van der Waals surface area contributed by atoms with E-state index in [4.69, 9.17) is 5.26 Å². The van der Waals surface area contributed by atoms with Gasteiger partial charge in [-0.15, -0.1) is 0 Å². The molecule has 6 nitrogen and oxygen atoms in total. The lowest BCUT2D eigenvalue weighted by molar-refractivity contribution is 0.00679. The van der Waals surface area contributed by atoms with Crippen LogP contribution in [0.4, 0.5) is 0 Å². The van der Waals surface area contributed by atoms with Crippen molar-refractivity contribution in [1.82, 2.24) is 9.55 Å². The van der Waals surface area contributed by atoms with Gasteiger partial charge in [0.25, 0.3) is 5.56 Å². The average Bonchev–Trinajstić information content (AvgIpc) is 2.58. The number of nitriles is 1. The van der Waals surface area contributed by atoms with Gasteiger partial charge in [-0.05, 0) is 12.8 Å². The van der Waals surface area contributed by atoms with Gasteiger partial charge in [0, 0.05) is 6.20 Å². The molecule has 0 saturated heterocycles. The zero-order valence-corrected chi connectivity index (χ0v) is 10.7.